The zero-order valence-corrected chi connectivity index (χ0v) is 11.2. The highest BCUT2D eigenvalue weighted by Gasteiger charge is 2.18. The predicted molar refractivity (Wildman–Crippen MR) is 69.3 cm³/mol. The first-order chi connectivity index (χ1) is 8.49. The lowest BCUT2D eigenvalue weighted by Crippen LogP contribution is -2.14. The molecule has 0 saturated heterocycles. The average molecular weight is 304 g/mol. The molecule has 0 aliphatic rings. The molecule has 0 saturated carbocycles. The Bertz CT molecular complexity index is 676. The van der Waals surface area contributed by atoms with E-state index >= 15 is 0 Å². The Kier molecular flexibility index (Phi) is 3.70. The summed E-state index contributed by atoms with van der Waals surface area (Å²) in [7, 11) is -3.80. The van der Waals surface area contributed by atoms with E-state index in [1.807, 2.05) is 0 Å². The van der Waals surface area contributed by atoms with Gasteiger partial charge in [0, 0.05) is 0 Å². The van der Waals surface area contributed by atoms with Gasteiger partial charge in [0.1, 0.15) is 10.0 Å². The van der Waals surface area contributed by atoms with Crippen LogP contribution >= 0.6 is 23.2 Å². The van der Waals surface area contributed by atoms with Crippen LogP contribution in [-0.2, 0) is 10.0 Å². The molecule has 5 nitrogen and oxygen atoms in total. The molecule has 0 radical (unpaired) electrons. The fourth-order valence-electron chi connectivity index (χ4n) is 1.25. The highest BCUT2D eigenvalue weighted by atomic mass is 35.5. The molecule has 94 valence electrons. The number of halogens is 2. The van der Waals surface area contributed by atoms with Crippen LogP contribution in [0.25, 0.3) is 0 Å². The van der Waals surface area contributed by atoms with Gasteiger partial charge in [-0.3, -0.25) is 9.71 Å². The molecular weight excluding hydrogens is 297 g/mol. The molecule has 8 heteroatoms. The summed E-state index contributed by atoms with van der Waals surface area (Å²) < 4.78 is 26.3. The third-order valence-corrected chi connectivity index (χ3v) is 4.01. The quantitative estimate of drug-likeness (QED) is 0.946. The smallest absolute Gasteiger partial charge is 0.262 e. The van der Waals surface area contributed by atoms with E-state index in [1.54, 1.807) is 12.1 Å². The van der Waals surface area contributed by atoms with Gasteiger partial charge in [-0.15, -0.1) is 0 Å². The van der Waals surface area contributed by atoms with E-state index in [2.05, 4.69) is 14.7 Å². The Morgan fingerprint density at radius 2 is 1.83 bits per heavy atom. The van der Waals surface area contributed by atoms with Crippen molar-refractivity contribution in [3.63, 3.8) is 0 Å². The highest BCUT2D eigenvalue weighted by molar-refractivity contribution is 7.92. The van der Waals surface area contributed by atoms with Crippen molar-refractivity contribution in [1.82, 2.24) is 9.97 Å². The normalized spacial score (nSPS) is 11.2. The van der Waals surface area contributed by atoms with Gasteiger partial charge in [0.05, 0.1) is 17.4 Å². The van der Waals surface area contributed by atoms with Crippen molar-refractivity contribution < 1.29 is 8.42 Å². The fourth-order valence-corrected chi connectivity index (χ4v) is 2.90. The molecule has 0 amide bonds. The molecule has 2 aromatic rings. The SMILES string of the molecule is O=S(=O)(Nc1cncc(Cl)n1)c1ccccc1Cl. The Hall–Kier alpha value is -1.37. The second kappa shape index (κ2) is 5.09. The van der Waals surface area contributed by atoms with Crippen molar-refractivity contribution in [3.05, 3.63) is 46.8 Å². The molecule has 0 aliphatic heterocycles. The molecule has 1 aromatic heterocycles. The lowest BCUT2D eigenvalue weighted by molar-refractivity contribution is 0.601. The van der Waals surface area contributed by atoms with Crippen molar-refractivity contribution in [2.75, 3.05) is 4.72 Å². The topological polar surface area (TPSA) is 72.0 Å². The van der Waals surface area contributed by atoms with Gasteiger partial charge < -0.3 is 0 Å². The standard InChI is InChI=1S/C10H7Cl2N3O2S/c11-7-3-1-2-4-8(7)18(16,17)15-10-6-13-5-9(12)14-10/h1-6H,(H,14,15). The Morgan fingerprint density at radius 3 is 2.50 bits per heavy atom. The molecule has 0 spiro atoms. The second-order valence-corrected chi connectivity index (χ2v) is 5.71. The molecular formula is C10H7Cl2N3O2S. The van der Waals surface area contributed by atoms with Crippen molar-refractivity contribution in [2.45, 2.75) is 4.90 Å². The van der Waals surface area contributed by atoms with Gasteiger partial charge >= 0.3 is 0 Å². The van der Waals surface area contributed by atoms with Gasteiger partial charge in [0.15, 0.2) is 5.82 Å². The van der Waals surface area contributed by atoms with Gasteiger partial charge in [-0.2, -0.15) is 0 Å². The molecule has 0 atom stereocenters. The largest absolute Gasteiger partial charge is 0.264 e. The number of nitrogens with zero attached hydrogens (tertiary/aromatic N) is 2. The number of rotatable bonds is 3. The number of hydrogen-bond donors (Lipinski definition) is 1. The minimum absolute atomic E-state index is 0.0300. The Morgan fingerprint density at radius 1 is 1.11 bits per heavy atom. The van der Waals surface area contributed by atoms with Gasteiger partial charge in [-0.1, -0.05) is 35.3 Å². The van der Waals surface area contributed by atoms with Crippen LogP contribution in [0.1, 0.15) is 0 Å². The molecule has 18 heavy (non-hydrogen) atoms. The van der Waals surface area contributed by atoms with Crippen LogP contribution < -0.4 is 4.72 Å². The van der Waals surface area contributed by atoms with Crippen molar-refractivity contribution >= 4 is 39.0 Å². The number of hydrogen-bond acceptors (Lipinski definition) is 4. The average Bonchev–Trinajstić information content (AvgIpc) is 2.28. The van der Waals surface area contributed by atoms with E-state index in [1.165, 1.54) is 24.5 Å². The molecule has 1 heterocycles. The number of nitrogens with one attached hydrogen (secondary N) is 1. The predicted octanol–water partition coefficient (Wildman–Crippen LogP) is 2.58. The lowest BCUT2D eigenvalue weighted by Gasteiger charge is -2.08. The summed E-state index contributed by atoms with van der Waals surface area (Å²) >= 11 is 11.4. The van der Waals surface area contributed by atoms with Crippen LogP contribution in [0.2, 0.25) is 10.2 Å². The number of aromatic nitrogens is 2. The summed E-state index contributed by atoms with van der Waals surface area (Å²) in [5.41, 5.74) is 0. The van der Waals surface area contributed by atoms with Crippen LogP contribution in [0.5, 0.6) is 0 Å². The van der Waals surface area contributed by atoms with E-state index in [4.69, 9.17) is 23.2 Å². The summed E-state index contributed by atoms with van der Waals surface area (Å²) in [5, 5.41) is 0.217. The first-order valence-electron chi connectivity index (χ1n) is 4.74. The van der Waals surface area contributed by atoms with Crippen LogP contribution in [-0.4, -0.2) is 18.4 Å². The molecule has 0 unspecified atom stereocenters. The Labute approximate surface area is 114 Å². The molecule has 1 N–H and O–H groups in total. The maximum Gasteiger partial charge on any atom is 0.264 e. The molecule has 2 rings (SSSR count). The van der Waals surface area contributed by atoms with E-state index in [9.17, 15) is 8.42 Å². The first-order valence-corrected chi connectivity index (χ1v) is 6.98. The molecule has 0 bridgehead atoms. The monoisotopic (exact) mass is 303 g/mol. The van der Waals surface area contributed by atoms with Crippen LogP contribution in [0.4, 0.5) is 5.82 Å². The number of benzene rings is 1. The third kappa shape index (κ3) is 2.90. The van der Waals surface area contributed by atoms with E-state index in [-0.39, 0.29) is 20.9 Å². The molecule has 1 aromatic carbocycles. The number of sulfonamides is 1. The van der Waals surface area contributed by atoms with Gasteiger partial charge in [-0.05, 0) is 12.1 Å². The number of anilines is 1. The van der Waals surface area contributed by atoms with Gasteiger partial charge in [0.2, 0.25) is 0 Å². The van der Waals surface area contributed by atoms with Gasteiger partial charge in [-0.25, -0.2) is 13.4 Å². The van der Waals surface area contributed by atoms with E-state index in [0.29, 0.717) is 0 Å². The molecule has 0 aliphatic carbocycles. The van der Waals surface area contributed by atoms with Crippen LogP contribution in [0.15, 0.2) is 41.6 Å². The van der Waals surface area contributed by atoms with E-state index in [0.717, 1.165) is 0 Å². The van der Waals surface area contributed by atoms with Crippen LogP contribution in [0, 0.1) is 0 Å². The van der Waals surface area contributed by atoms with Crippen molar-refractivity contribution in [2.24, 2.45) is 0 Å². The summed E-state index contributed by atoms with van der Waals surface area (Å²) in [5.74, 6) is 0.0300. The maximum absolute atomic E-state index is 12.0. The zero-order valence-electron chi connectivity index (χ0n) is 8.84. The summed E-state index contributed by atoms with van der Waals surface area (Å²) in [6.45, 7) is 0. The highest BCUT2D eigenvalue weighted by Crippen LogP contribution is 2.22. The van der Waals surface area contributed by atoms with Crippen LogP contribution in [0.3, 0.4) is 0 Å². The summed E-state index contributed by atoms with van der Waals surface area (Å²) in [4.78, 5) is 7.48. The third-order valence-electron chi connectivity index (χ3n) is 1.97. The Balaban J connectivity index is 2.37. The second-order valence-electron chi connectivity index (χ2n) is 3.26. The van der Waals surface area contributed by atoms with Crippen molar-refractivity contribution in [1.29, 1.82) is 0 Å². The molecule has 0 fully saturated rings. The maximum atomic E-state index is 12.0. The van der Waals surface area contributed by atoms with Gasteiger partial charge in [0.25, 0.3) is 10.0 Å². The minimum atomic E-state index is -3.80. The lowest BCUT2D eigenvalue weighted by atomic mass is 10.4. The van der Waals surface area contributed by atoms with E-state index < -0.39 is 10.0 Å². The zero-order chi connectivity index (χ0) is 13.2. The fraction of sp³-hybridized carbons (Fsp3) is 0. The summed E-state index contributed by atoms with van der Waals surface area (Å²) in [6.07, 6.45) is 2.55. The first kappa shape index (κ1) is 13.1. The van der Waals surface area contributed by atoms with Crippen molar-refractivity contribution in [3.8, 4) is 0 Å². The minimum Gasteiger partial charge on any atom is -0.262 e. The summed E-state index contributed by atoms with van der Waals surface area (Å²) in [6, 6.07) is 6.09.